The monoisotopic (exact) mass is 242 g/mol. The molecule has 0 saturated carbocycles. The van der Waals surface area contributed by atoms with Crippen molar-refractivity contribution in [3.63, 3.8) is 0 Å². The van der Waals surface area contributed by atoms with Crippen molar-refractivity contribution in [3.8, 4) is 0 Å². The van der Waals surface area contributed by atoms with Gasteiger partial charge in [-0.2, -0.15) is 0 Å². The fourth-order valence-electron chi connectivity index (χ4n) is 2.93. The summed E-state index contributed by atoms with van der Waals surface area (Å²) in [6, 6.07) is 0. The molecule has 2 aliphatic heterocycles. The Bertz CT molecular complexity index is 181. The number of ether oxygens (including phenoxy) is 1. The lowest BCUT2D eigenvalue weighted by Crippen LogP contribution is -2.46. The van der Waals surface area contributed by atoms with Crippen LogP contribution in [0.25, 0.3) is 0 Å². The molecule has 2 fully saturated rings. The van der Waals surface area contributed by atoms with Crippen molar-refractivity contribution >= 4 is 0 Å². The van der Waals surface area contributed by atoms with Crippen LogP contribution >= 0.6 is 0 Å². The van der Waals surface area contributed by atoms with E-state index in [4.69, 9.17) is 4.74 Å². The van der Waals surface area contributed by atoms with E-state index in [0.717, 1.165) is 13.2 Å². The van der Waals surface area contributed by atoms with Gasteiger partial charge in [-0.3, -0.25) is 0 Å². The van der Waals surface area contributed by atoms with Crippen LogP contribution in [0.2, 0.25) is 0 Å². The van der Waals surface area contributed by atoms with Crippen molar-refractivity contribution in [2.24, 2.45) is 5.41 Å². The molecular formula is C14H30N2O. The van der Waals surface area contributed by atoms with Crippen LogP contribution in [0, 0.1) is 5.41 Å². The van der Waals surface area contributed by atoms with Gasteiger partial charge in [-0.25, -0.2) is 0 Å². The van der Waals surface area contributed by atoms with E-state index in [1.807, 2.05) is 13.8 Å². The smallest absolute Gasteiger partial charge is 0.0589 e. The number of nitrogens with one attached hydrogen (secondary N) is 1. The first-order valence-corrected chi connectivity index (χ1v) is 7.27. The number of nitrogens with zero attached hydrogens (tertiary/aromatic N) is 1. The molecule has 1 N–H and O–H groups in total. The molecule has 102 valence electrons. The van der Waals surface area contributed by atoms with E-state index in [1.165, 1.54) is 51.9 Å². The molecule has 2 saturated heterocycles. The average Bonchev–Trinajstić information content (AvgIpc) is 2.42. The Hall–Kier alpha value is -0.120. The molecule has 0 aliphatic carbocycles. The van der Waals surface area contributed by atoms with E-state index in [1.54, 1.807) is 7.11 Å². The van der Waals surface area contributed by atoms with Gasteiger partial charge >= 0.3 is 0 Å². The van der Waals surface area contributed by atoms with Crippen LogP contribution in [0.3, 0.4) is 0 Å². The Morgan fingerprint density at radius 3 is 2.18 bits per heavy atom. The average molecular weight is 242 g/mol. The summed E-state index contributed by atoms with van der Waals surface area (Å²) in [6.45, 7) is 11.0. The SMILES string of the molecule is CC.COCCN1CCC2(CCNCC2)CC1. The van der Waals surface area contributed by atoms with Gasteiger partial charge in [0.25, 0.3) is 0 Å². The Labute approximate surface area is 107 Å². The van der Waals surface area contributed by atoms with Crippen molar-refractivity contribution in [1.82, 2.24) is 10.2 Å². The second-order valence-corrected chi connectivity index (χ2v) is 5.08. The molecule has 0 aromatic heterocycles. The van der Waals surface area contributed by atoms with E-state index in [0.29, 0.717) is 5.41 Å². The van der Waals surface area contributed by atoms with Crippen molar-refractivity contribution in [1.29, 1.82) is 0 Å². The third kappa shape index (κ3) is 4.57. The standard InChI is InChI=1S/C12H24N2O.C2H6/c1-15-11-10-14-8-4-12(5-9-14)2-6-13-7-3-12;1-2/h13H,2-11H2,1H3;1-2H3. The lowest BCUT2D eigenvalue weighted by molar-refractivity contribution is 0.0575. The van der Waals surface area contributed by atoms with Gasteiger partial charge in [-0.15, -0.1) is 0 Å². The summed E-state index contributed by atoms with van der Waals surface area (Å²) in [5, 5.41) is 3.47. The van der Waals surface area contributed by atoms with Crippen LogP contribution in [0.5, 0.6) is 0 Å². The van der Waals surface area contributed by atoms with Gasteiger partial charge in [0, 0.05) is 13.7 Å². The van der Waals surface area contributed by atoms with E-state index in [-0.39, 0.29) is 0 Å². The van der Waals surface area contributed by atoms with Crippen molar-refractivity contribution in [2.45, 2.75) is 39.5 Å². The zero-order valence-corrected chi connectivity index (χ0v) is 11.9. The summed E-state index contributed by atoms with van der Waals surface area (Å²) in [5.74, 6) is 0. The first-order chi connectivity index (χ1) is 8.35. The second kappa shape index (κ2) is 8.06. The molecule has 17 heavy (non-hydrogen) atoms. The summed E-state index contributed by atoms with van der Waals surface area (Å²) >= 11 is 0. The summed E-state index contributed by atoms with van der Waals surface area (Å²) < 4.78 is 5.13. The highest BCUT2D eigenvalue weighted by Gasteiger charge is 2.35. The minimum absolute atomic E-state index is 0.689. The van der Waals surface area contributed by atoms with Gasteiger partial charge in [-0.05, 0) is 57.3 Å². The van der Waals surface area contributed by atoms with Gasteiger partial charge in [0.2, 0.25) is 0 Å². The Morgan fingerprint density at radius 2 is 1.65 bits per heavy atom. The van der Waals surface area contributed by atoms with Gasteiger partial charge in [0.05, 0.1) is 6.61 Å². The Balaban J connectivity index is 0.000000686. The molecule has 2 heterocycles. The summed E-state index contributed by atoms with van der Waals surface area (Å²) in [5.41, 5.74) is 0.689. The summed E-state index contributed by atoms with van der Waals surface area (Å²) in [6.07, 6.45) is 5.59. The van der Waals surface area contributed by atoms with Gasteiger partial charge < -0.3 is 15.0 Å². The number of likely N-dealkylation sites (tertiary alicyclic amines) is 1. The van der Waals surface area contributed by atoms with Crippen LogP contribution in [-0.4, -0.2) is 51.3 Å². The number of methoxy groups -OCH3 is 1. The molecule has 0 atom stereocenters. The molecule has 0 bridgehead atoms. The first kappa shape index (κ1) is 14.9. The minimum atomic E-state index is 0.689. The van der Waals surface area contributed by atoms with Crippen LogP contribution in [0.4, 0.5) is 0 Å². The fraction of sp³-hybridized carbons (Fsp3) is 1.00. The number of rotatable bonds is 3. The summed E-state index contributed by atoms with van der Waals surface area (Å²) in [4.78, 5) is 2.55. The zero-order valence-electron chi connectivity index (χ0n) is 11.9. The molecule has 3 nitrogen and oxygen atoms in total. The fourth-order valence-corrected chi connectivity index (χ4v) is 2.93. The molecule has 0 aromatic carbocycles. The minimum Gasteiger partial charge on any atom is -0.383 e. The maximum absolute atomic E-state index is 5.13. The normalized spacial score (nSPS) is 24.2. The molecule has 2 rings (SSSR count). The van der Waals surface area contributed by atoms with E-state index in [9.17, 15) is 0 Å². The number of hydrogen-bond acceptors (Lipinski definition) is 3. The highest BCUT2D eigenvalue weighted by Crippen LogP contribution is 2.39. The van der Waals surface area contributed by atoms with Crippen molar-refractivity contribution in [3.05, 3.63) is 0 Å². The summed E-state index contributed by atoms with van der Waals surface area (Å²) in [7, 11) is 1.79. The first-order valence-electron chi connectivity index (χ1n) is 7.27. The third-order valence-electron chi connectivity index (χ3n) is 4.19. The molecule has 3 heteroatoms. The van der Waals surface area contributed by atoms with Crippen LogP contribution in [-0.2, 0) is 4.74 Å². The van der Waals surface area contributed by atoms with E-state index in [2.05, 4.69) is 10.2 Å². The van der Waals surface area contributed by atoms with Crippen molar-refractivity contribution in [2.75, 3.05) is 46.4 Å². The van der Waals surface area contributed by atoms with E-state index < -0.39 is 0 Å². The second-order valence-electron chi connectivity index (χ2n) is 5.08. The molecule has 1 spiro atoms. The van der Waals surface area contributed by atoms with Crippen LogP contribution in [0.1, 0.15) is 39.5 Å². The largest absolute Gasteiger partial charge is 0.383 e. The molecular weight excluding hydrogens is 212 g/mol. The number of hydrogen-bond donors (Lipinski definition) is 1. The predicted octanol–water partition coefficient (Wildman–Crippen LogP) is 2.12. The lowest BCUT2D eigenvalue weighted by Gasteiger charge is -2.44. The van der Waals surface area contributed by atoms with Gasteiger partial charge in [0.1, 0.15) is 0 Å². The Morgan fingerprint density at radius 1 is 1.06 bits per heavy atom. The quantitative estimate of drug-likeness (QED) is 0.820. The zero-order chi connectivity index (χ0) is 12.6. The van der Waals surface area contributed by atoms with Crippen molar-refractivity contribution < 1.29 is 4.74 Å². The predicted molar refractivity (Wildman–Crippen MR) is 73.4 cm³/mol. The van der Waals surface area contributed by atoms with Crippen LogP contribution < -0.4 is 5.32 Å². The molecule has 0 amide bonds. The van der Waals surface area contributed by atoms with E-state index >= 15 is 0 Å². The molecule has 0 unspecified atom stereocenters. The van der Waals surface area contributed by atoms with Crippen LogP contribution in [0.15, 0.2) is 0 Å². The lowest BCUT2D eigenvalue weighted by atomic mass is 9.71. The maximum Gasteiger partial charge on any atom is 0.0589 e. The Kier molecular flexibility index (Phi) is 7.09. The third-order valence-corrected chi connectivity index (χ3v) is 4.19. The van der Waals surface area contributed by atoms with Gasteiger partial charge in [0.15, 0.2) is 0 Å². The highest BCUT2D eigenvalue weighted by atomic mass is 16.5. The topological polar surface area (TPSA) is 24.5 Å². The highest BCUT2D eigenvalue weighted by molar-refractivity contribution is 4.89. The molecule has 2 aliphatic rings. The molecule has 0 radical (unpaired) electrons. The molecule has 0 aromatic rings. The maximum atomic E-state index is 5.13. The number of piperidine rings is 2. The van der Waals surface area contributed by atoms with Gasteiger partial charge in [-0.1, -0.05) is 13.8 Å².